The fourth-order valence-electron chi connectivity index (χ4n) is 1.84. The third-order valence-corrected chi connectivity index (χ3v) is 2.73. The molecule has 0 aromatic rings. The summed E-state index contributed by atoms with van der Waals surface area (Å²) < 4.78 is 0. The van der Waals surface area contributed by atoms with Crippen LogP contribution in [0, 0.1) is 12.3 Å². The zero-order chi connectivity index (χ0) is 12.8. The molecule has 0 bridgehead atoms. The van der Waals surface area contributed by atoms with Crippen LogP contribution in [0.2, 0.25) is 0 Å². The molecular weight excluding hydrogens is 218 g/mol. The Morgan fingerprint density at radius 2 is 2.41 bits per heavy atom. The van der Waals surface area contributed by atoms with Gasteiger partial charge in [-0.05, 0) is 13.3 Å². The summed E-state index contributed by atoms with van der Waals surface area (Å²) >= 11 is 0. The van der Waals surface area contributed by atoms with Crippen LogP contribution in [0.1, 0.15) is 26.2 Å². The molecule has 2 amide bonds. The monoisotopic (exact) mass is 237 g/mol. The molecule has 94 valence electrons. The maximum absolute atomic E-state index is 11.6. The van der Waals surface area contributed by atoms with Crippen LogP contribution in [0.4, 0.5) is 0 Å². The largest absolute Gasteiger partial charge is 0.350 e. The number of carbonyl (C=O) groups is 2. The van der Waals surface area contributed by atoms with Crippen LogP contribution in [0.25, 0.3) is 0 Å². The molecule has 1 heterocycles. The zero-order valence-electron chi connectivity index (χ0n) is 10.1. The van der Waals surface area contributed by atoms with E-state index in [0.29, 0.717) is 13.0 Å². The van der Waals surface area contributed by atoms with Crippen molar-refractivity contribution in [1.29, 1.82) is 0 Å². The van der Waals surface area contributed by atoms with Crippen LogP contribution in [-0.4, -0.2) is 41.9 Å². The minimum absolute atomic E-state index is 0.103. The highest BCUT2D eigenvalue weighted by molar-refractivity contribution is 5.82. The molecule has 0 aliphatic carbocycles. The number of nitrogens with zero attached hydrogens (tertiary/aromatic N) is 1. The lowest BCUT2D eigenvalue weighted by atomic mass is 10.2. The fourth-order valence-corrected chi connectivity index (χ4v) is 1.84. The van der Waals surface area contributed by atoms with Crippen molar-refractivity contribution in [3.63, 3.8) is 0 Å². The van der Waals surface area contributed by atoms with Gasteiger partial charge in [-0.1, -0.05) is 0 Å². The minimum Gasteiger partial charge on any atom is -0.350 e. The molecule has 0 aromatic heterocycles. The number of likely N-dealkylation sites (tertiary alicyclic amines) is 1. The molecule has 1 aliphatic rings. The van der Waals surface area contributed by atoms with E-state index in [4.69, 9.17) is 12.2 Å². The Kier molecular flexibility index (Phi) is 4.98. The predicted molar refractivity (Wildman–Crippen MR) is 64.8 cm³/mol. The average Bonchev–Trinajstić information content (AvgIpc) is 2.64. The van der Waals surface area contributed by atoms with Crippen molar-refractivity contribution in [3.05, 3.63) is 0 Å². The van der Waals surface area contributed by atoms with Gasteiger partial charge in [-0.25, -0.2) is 0 Å². The summed E-state index contributed by atoms with van der Waals surface area (Å²) in [6.45, 7) is 3.16. The molecule has 0 aromatic carbocycles. The molecule has 1 saturated heterocycles. The van der Waals surface area contributed by atoms with Gasteiger partial charge in [0.2, 0.25) is 11.8 Å². The zero-order valence-corrected chi connectivity index (χ0v) is 10.1. The first-order chi connectivity index (χ1) is 8.04. The van der Waals surface area contributed by atoms with E-state index in [1.807, 2.05) is 6.92 Å². The fraction of sp³-hybridized carbons (Fsp3) is 0.667. The van der Waals surface area contributed by atoms with E-state index < -0.39 is 6.04 Å². The van der Waals surface area contributed by atoms with E-state index in [-0.39, 0.29) is 24.3 Å². The highest BCUT2D eigenvalue weighted by atomic mass is 16.2. The van der Waals surface area contributed by atoms with Gasteiger partial charge in [-0.15, -0.1) is 12.3 Å². The SMILES string of the molecule is C#CCC(N)C(=O)NC(C)CN1CCCC1=O. The standard InChI is InChI=1S/C12H19N3O2/c1-3-5-10(13)12(17)14-9(2)8-15-7-4-6-11(15)16/h1,9-10H,4-8,13H2,2H3,(H,14,17). The second kappa shape index (κ2) is 6.26. The Hall–Kier alpha value is -1.54. The molecule has 0 spiro atoms. The summed E-state index contributed by atoms with van der Waals surface area (Å²) in [7, 11) is 0. The van der Waals surface area contributed by atoms with Gasteiger partial charge in [0.05, 0.1) is 6.04 Å². The van der Waals surface area contributed by atoms with Crippen molar-refractivity contribution in [2.45, 2.75) is 38.3 Å². The van der Waals surface area contributed by atoms with Gasteiger partial charge in [0.15, 0.2) is 0 Å². The molecule has 0 radical (unpaired) electrons. The van der Waals surface area contributed by atoms with Gasteiger partial charge in [-0.3, -0.25) is 9.59 Å². The molecule has 0 saturated carbocycles. The van der Waals surface area contributed by atoms with Crippen LogP contribution in [0.5, 0.6) is 0 Å². The van der Waals surface area contributed by atoms with E-state index in [2.05, 4.69) is 11.2 Å². The summed E-state index contributed by atoms with van der Waals surface area (Å²) in [6.07, 6.45) is 6.82. The van der Waals surface area contributed by atoms with Crippen molar-refractivity contribution >= 4 is 11.8 Å². The van der Waals surface area contributed by atoms with E-state index in [1.54, 1.807) is 4.90 Å². The number of terminal acetylenes is 1. The summed E-state index contributed by atoms with van der Waals surface area (Å²) in [5.41, 5.74) is 5.58. The summed E-state index contributed by atoms with van der Waals surface area (Å²) in [4.78, 5) is 24.7. The molecule has 2 unspecified atom stereocenters. The Labute approximate surface area is 102 Å². The van der Waals surface area contributed by atoms with Crippen molar-refractivity contribution in [1.82, 2.24) is 10.2 Å². The highest BCUT2D eigenvalue weighted by Crippen LogP contribution is 2.09. The molecular formula is C12H19N3O2. The smallest absolute Gasteiger partial charge is 0.238 e. The second-order valence-corrected chi connectivity index (χ2v) is 4.37. The predicted octanol–water partition coefficient (Wildman–Crippen LogP) is -0.536. The molecule has 1 aliphatic heterocycles. The lowest BCUT2D eigenvalue weighted by molar-refractivity contribution is -0.129. The molecule has 5 heteroatoms. The van der Waals surface area contributed by atoms with E-state index in [9.17, 15) is 9.59 Å². The number of rotatable bonds is 5. The molecule has 1 fully saturated rings. The van der Waals surface area contributed by atoms with Gasteiger partial charge in [0.1, 0.15) is 0 Å². The number of nitrogens with two attached hydrogens (primary N) is 1. The summed E-state index contributed by atoms with van der Waals surface area (Å²) in [6, 6.07) is -0.773. The van der Waals surface area contributed by atoms with E-state index in [1.165, 1.54) is 0 Å². The summed E-state index contributed by atoms with van der Waals surface area (Å²) in [5, 5.41) is 2.76. The van der Waals surface area contributed by atoms with Crippen molar-refractivity contribution < 1.29 is 9.59 Å². The normalized spacial score (nSPS) is 18.6. The maximum Gasteiger partial charge on any atom is 0.238 e. The van der Waals surface area contributed by atoms with Crippen molar-refractivity contribution in [2.75, 3.05) is 13.1 Å². The lowest BCUT2D eigenvalue weighted by Gasteiger charge is -2.22. The Bertz CT molecular complexity index is 335. The lowest BCUT2D eigenvalue weighted by Crippen LogP contribution is -2.48. The summed E-state index contributed by atoms with van der Waals surface area (Å²) in [5.74, 6) is 2.24. The van der Waals surface area contributed by atoms with Crippen molar-refractivity contribution in [3.8, 4) is 12.3 Å². The van der Waals surface area contributed by atoms with Gasteiger partial charge < -0.3 is 16.0 Å². The van der Waals surface area contributed by atoms with Crippen LogP contribution >= 0.6 is 0 Å². The van der Waals surface area contributed by atoms with Gasteiger partial charge in [-0.2, -0.15) is 0 Å². The van der Waals surface area contributed by atoms with Gasteiger partial charge in [0.25, 0.3) is 0 Å². The van der Waals surface area contributed by atoms with Crippen LogP contribution in [0.15, 0.2) is 0 Å². The Morgan fingerprint density at radius 3 is 2.94 bits per heavy atom. The maximum atomic E-state index is 11.6. The molecule has 1 rings (SSSR count). The van der Waals surface area contributed by atoms with E-state index >= 15 is 0 Å². The number of carbonyl (C=O) groups excluding carboxylic acids is 2. The number of nitrogens with one attached hydrogen (secondary N) is 1. The number of hydrogen-bond donors (Lipinski definition) is 2. The highest BCUT2D eigenvalue weighted by Gasteiger charge is 2.23. The Balaban J connectivity index is 2.34. The topological polar surface area (TPSA) is 75.4 Å². The van der Waals surface area contributed by atoms with Crippen LogP contribution in [-0.2, 0) is 9.59 Å². The first kappa shape index (κ1) is 13.5. The second-order valence-electron chi connectivity index (χ2n) is 4.37. The molecule has 3 N–H and O–H groups in total. The Morgan fingerprint density at radius 1 is 1.71 bits per heavy atom. The first-order valence-corrected chi connectivity index (χ1v) is 5.81. The van der Waals surface area contributed by atoms with Crippen LogP contribution < -0.4 is 11.1 Å². The quantitative estimate of drug-likeness (QED) is 0.631. The third kappa shape index (κ3) is 4.08. The molecule has 2 atom stereocenters. The minimum atomic E-state index is -0.670. The van der Waals surface area contributed by atoms with E-state index in [0.717, 1.165) is 13.0 Å². The van der Waals surface area contributed by atoms with Gasteiger partial charge >= 0.3 is 0 Å². The van der Waals surface area contributed by atoms with Gasteiger partial charge in [0, 0.05) is 32.0 Å². The van der Waals surface area contributed by atoms with Crippen LogP contribution in [0.3, 0.4) is 0 Å². The molecule has 17 heavy (non-hydrogen) atoms. The number of hydrogen-bond acceptors (Lipinski definition) is 3. The molecule has 5 nitrogen and oxygen atoms in total. The third-order valence-electron chi connectivity index (χ3n) is 2.73. The first-order valence-electron chi connectivity index (χ1n) is 5.81. The number of amides is 2. The average molecular weight is 237 g/mol. The van der Waals surface area contributed by atoms with Crippen molar-refractivity contribution in [2.24, 2.45) is 5.73 Å².